The summed E-state index contributed by atoms with van der Waals surface area (Å²) in [5.74, 6) is -6.97. The quantitative estimate of drug-likeness (QED) is 0.287. The van der Waals surface area contributed by atoms with Crippen LogP contribution in [0.2, 0.25) is 5.28 Å². The number of allylic oxidation sites excluding steroid dienone is 1. The number of aromatic hydroxyl groups is 1. The van der Waals surface area contributed by atoms with Gasteiger partial charge in [-0.15, -0.1) is 0 Å². The Labute approximate surface area is 215 Å². The van der Waals surface area contributed by atoms with Gasteiger partial charge in [-0.3, -0.25) is 19.3 Å². The Hall–Kier alpha value is -3.80. The summed E-state index contributed by atoms with van der Waals surface area (Å²) in [5.41, 5.74) is 3.09. The Kier molecular flexibility index (Phi) is 5.63. The van der Waals surface area contributed by atoms with E-state index in [2.05, 4.69) is 9.97 Å². The van der Waals surface area contributed by atoms with Crippen molar-refractivity contribution in [1.29, 1.82) is 0 Å². The van der Waals surface area contributed by atoms with Crippen LogP contribution in [0.4, 0.5) is 0 Å². The fourth-order valence-corrected chi connectivity index (χ4v) is 6.07. The summed E-state index contributed by atoms with van der Waals surface area (Å²) in [6.45, 7) is 0. The van der Waals surface area contributed by atoms with Crippen molar-refractivity contribution < 1.29 is 34.8 Å². The van der Waals surface area contributed by atoms with Crippen LogP contribution in [0, 0.1) is 11.8 Å². The number of rotatable bonds is 3. The van der Waals surface area contributed by atoms with Crippen molar-refractivity contribution in [2.24, 2.45) is 17.6 Å². The van der Waals surface area contributed by atoms with Crippen molar-refractivity contribution >= 4 is 29.1 Å². The van der Waals surface area contributed by atoms with Gasteiger partial charge in [-0.1, -0.05) is 6.07 Å². The fourth-order valence-electron chi connectivity index (χ4n) is 5.97. The number of hydrogen-bond acceptors (Lipinski definition) is 10. The predicted octanol–water partition coefficient (Wildman–Crippen LogP) is 1.23. The molecule has 0 unspecified atom stereocenters. The zero-order chi connectivity index (χ0) is 27.0. The maximum absolute atomic E-state index is 13.7. The molecule has 0 radical (unpaired) electrons. The molecule has 0 saturated carbocycles. The number of nitrogens with two attached hydrogens (primary N) is 1. The molecule has 5 rings (SSSR count). The largest absolute Gasteiger partial charge is 0.510 e. The number of Topliss-reactive ketones (excluding diaryl/α,β-unsaturated/α-hetero) is 2. The second-order valence-corrected chi connectivity index (χ2v) is 10.0. The SMILES string of the molecule is CN(C)[C@@H]1C(O)=C(C(N)=O)C(=O)[C@@]2(O)C(O)=C3C(=O)c4c(O)ccc(-c5cnc(Cl)nc5)c4C[C@H]3C[C@@H]12. The number of amides is 1. The van der Waals surface area contributed by atoms with E-state index in [0.29, 0.717) is 16.7 Å². The van der Waals surface area contributed by atoms with Crippen LogP contribution in [0.1, 0.15) is 22.3 Å². The van der Waals surface area contributed by atoms with Crippen molar-refractivity contribution in [2.45, 2.75) is 24.5 Å². The van der Waals surface area contributed by atoms with Crippen molar-refractivity contribution in [3.05, 3.63) is 63.6 Å². The van der Waals surface area contributed by atoms with Gasteiger partial charge in [0.25, 0.3) is 5.91 Å². The first-order valence-electron chi connectivity index (χ1n) is 11.4. The topological polar surface area (TPSA) is 187 Å². The normalized spacial score (nSPS) is 27.2. The van der Waals surface area contributed by atoms with E-state index in [1.54, 1.807) is 20.2 Å². The molecule has 192 valence electrons. The summed E-state index contributed by atoms with van der Waals surface area (Å²) >= 11 is 5.81. The first-order valence-corrected chi connectivity index (χ1v) is 11.7. The van der Waals surface area contributed by atoms with E-state index >= 15 is 0 Å². The molecule has 1 aromatic heterocycles. The van der Waals surface area contributed by atoms with E-state index in [1.165, 1.54) is 23.4 Å². The smallest absolute Gasteiger partial charge is 0.255 e. The number of primary amides is 1. The van der Waals surface area contributed by atoms with Gasteiger partial charge in [-0.05, 0) is 61.6 Å². The Morgan fingerprint density at radius 3 is 2.41 bits per heavy atom. The van der Waals surface area contributed by atoms with Gasteiger partial charge in [-0.2, -0.15) is 0 Å². The molecule has 3 aliphatic rings. The molecule has 0 saturated heterocycles. The highest BCUT2D eigenvalue weighted by molar-refractivity contribution is 6.28. The molecule has 2 aromatic rings. The Bertz CT molecular complexity index is 1450. The van der Waals surface area contributed by atoms with Crippen LogP contribution in [0.25, 0.3) is 11.1 Å². The van der Waals surface area contributed by atoms with Gasteiger partial charge >= 0.3 is 0 Å². The minimum Gasteiger partial charge on any atom is -0.510 e. The number of halogens is 1. The Morgan fingerprint density at radius 2 is 1.81 bits per heavy atom. The molecule has 1 amide bonds. The third-order valence-corrected chi connectivity index (χ3v) is 7.73. The summed E-state index contributed by atoms with van der Waals surface area (Å²) in [5, 5.41) is 44.4. The molecule has 11 nitrogen and oxygen atoms in total. The number of benzene rings is 1. The highest BCUT2D eigenvalue weighted by Crippen LogP contribution is 2.53. The maximum atomic E-state index is 13.7. The molecule has 0 fully saturated rings. The fraction of sp³-hybridized carbons (Fsp3) is 0.320. The van der Waals surface area contributed by atoms with Gasteiger partial charge in [0.2, 0.25) is 11.1 Å². The molecule has 3 aliphatic carbocycles. The summed E-state index contributed by atoms with van der Waals surface area (Å²) in [7, 11) is 3.15. The van der Waals surface area contributed by atoms with Crippen LogP contribution < -0.4 is 5.73 Å². The van der Waals surface area contributed by atoms with Crippen LogP contribution >= 0.6 is 11.6 Å². The van der Waals surface area contributed by atoms with Crippen LogP contribution in [-0.4, -0.2) is 78.5 Å². The van der Waals surface area contributed by atoms with E-state index in [1.807, 2.05) is 0 Å². The first kappa shape index (κ1) is 24.9. The lowest BCUT2D eigenvalue weighted by Crippen LogP contribution is -2.63. The minimum absolute atomic E-state index is 0.00201. The number of hydrogen-bond donors (Lipinski definition) is 5. The van der Waals surface area contributed by atoms with E-state index in [-0.39, 0.29) is 35.0 Å². The van der Waals surface area contributed by atoms with E-state index in [9.17, 15) is 34.8 Å². The number of aliphatic hydroxyl groups excluding tert-OH is 2. The summed E-state index contributed by atoms with van der Waals surface area (Å²) in [4.78, 5) is 48.5. The van der Waals surface area contributed by atoms with Crippen LogP contribution in [0.5, 0.6) is 5.75 Å². The van der Waals surface area contributed by atoms with Crippen molar-refractivity contribution in [1.82, 2.24) is 14.9 Å². The van der Waals surface area contributed by atoms with Crippen molar-refractivity contribution in [2.75, 3.05) is 14.1 Å². The van der Waals surface area contributed by atoms with Gasteiger partial charge in [0.1, 0.15) is 22.8 Å². The summed E-state index contributed by atoms with van der Waals surface area (Å²) in [6.07, 6.45) is 3.11. The average molecular weight is 527 g/mol. The van der Waals surface area contributed by atoms with Crippen LogP contribution in [-0.2, 0) is 16.0 Å². The molecular weight excluding hydrogens is 504 g/mol. The maximum Gasteiger partial charge on any atom is 0.255 e. The molecule has 1 heterocycles. The van der Waals surface area contributed by atoms with E-state index in [0.717, 1.165) is 0 Å². The van der Waals surface area contributed by atoms with Crippen LogP contribution in [0.15, 0.2) is 47.2 Å². The van der Waals surface area contributed by atoms with Gasteiger partial charge < -0.3 is 26.2 Å². The minimum atomic E-state index is -2.68. The number of nitrogens with zero attached hydrogens (tertiary/aromatic N) is 3. The third kappa shape index (κ3) is 3.38. The number of phenolic OH excluding ortho intramolecular Hbond substituents is 1. The number of aliphatic hydroxyl groups is 3. The van der Waals surface area contributed by atoms with Gasteiger partial charge in [0.15, 0.2) is 11.4 Å². The monoisotopic (exact) mass is 526 g/mol. The van der Waals surface area contributed by atoms with Crippen molar-refractivity contribution in [3.8, 4) is 16.9 Å². The number of aromatic nitrogens is 2. The lowest BCUT2D eigenvalue weighted by atomic mass is 9.58. The Balaban J connectivity index is 1.72. The second-order valence-electron chi connectivity index (χ2n) is 9.69. The van der Waals surface area contributed by atoms with E-state index < -0.39 is 58.0 Å². The van der Waals surface area contributed by atoms with E-state index in [4.69, 9.17) is 17.3 Å². The number of phenols is 1. The molecule has 0 bridgehead atoms. The third-order valence-electron chi connectivity index (χ3n) is 7.54. The molecule has 1 aromatic carbocycles. The lowest BCUT2D eigenvalue weighted by Gasteiger charge is -2.50. The van der Waals surface area contributed by atoms with Gasteiger partial charge in [-0.25, -0.2) is 9.97 Å². The number of fused-ring (bicyclic) bond motifs is 3. The van der Waals surface area contributed by atoms with Gasteiger partial charge in [0, 0.05) is 29.4 Å². The zero-order valence-corrected chi connectivity index (χ0v) is 20.5. The number of ketones is 2. The molecule has 4 atom stereocenters. The lowest BCUT2D eigenvalue weighted by molar-refractivity contribution is -0.148. The molecule has 37 heavy (non-hydrogen) atoms. The molecule has 0 spiro atoms. The number of likely N-dealkylation sites (N-methyl/N-ethyl adjacent to an activating group) is 1. The van der Waals surface area contributed by atoms with Gasteiger partial charge in [0.05, 0.1) is 11.6 Å². The number of carbonyl (C=O) groups is 3. The highest BCUT2D eigenvalue weighted by atomic mass is 35.5. The highest BCUT2D eigenvalue weighted by Gasteiger charge is 2.63. The average Bonchev–Trinajstić information content (AvgIpc) is 2.82. The molecule has 12 heteroatoms. The molecule has 6 N–H and O–H groups in total. The number of carbonyl (C=O) groups excluding carboxylic acids is 3. The van der Waals surface area contributed by atoms with Crippen LogP contribution in [0.3, 0.4) is 0 Å². The molecule has 0 aliphatic heterocycles. The zero-order valence-electron chi connectivity index (χ0n) is 19.8. The Morgan fingerprint density at radius 1 is 1.16 bits per heavy atom. The van der Waals surface area contributed by atoms with Crippen molar-refractivity contribution in [3.63, 3.8) is 0 Å². The first-order chi connectivity index (χ1) is 17.4. The standard InChI is InChI=1S/C25H23ClN4O7/c1-30(2)18-13-6-9-5-12-11(10-7-28-24(26)29-8-10)3-4-14(31)16(12)19(32)15(9)21(34)25(13,37)22(35)17(20(18)33)23(27)36/h3-4,7-9,13,18,31,33-34,37H,5-6H2,1-2H3,(H2,27,36)/t9-,13-,18-,25-/m0/s1. The second kappa shape index (κ2) is 8.37. The summed E-state index contributed by atoms with van der Waals surface area (Å²) < 4.78 is 0. The molecular formula is C25H23ClN4O7. The predicted molar refractivity (Wildman–Crippen MR) is 130 cm³/mol. The summed E-state index contributed by atoms with van der Waals surface area (Å²) in [6, 6.07) is 1.87.